The molecule has 2 N–H and O–H groups in total. The third-order valence-electron chi connectivity index (χ3n) is 2.45. The first kappa shape index (κ1) is 15.6. The lowest BCUT2D eigenvalue weighted by Crippen LogP contribution is -2.20. The summed E-state index contributed by atoms with van der Waals surface area (Å²) in [7, 11) is 0. The Balaban J connectivity index is 1.96. The Labute approximate surface area is 130 Å². The van der Waals surface area contributed by atoms with E-state index in [1.54, 1.807) is 31.2 Å². The lowest BCUT2D eigenvalue weighted by Gasteiger charge is -2.04. The molecular formula is C14H13N3O4S. The van der Waals surface area contributed by atoms with Gasteiger partial charge < -0.3 is 10.1 Å². The van der Waals surface area contributed by atoms with Crippen LogP contribution < -0.4 is 10.6 Å². The highest BCUT2D eigenvalue weighted by Gasteiger charge is 2.21. The van der Waals surface area contributed by atoms with E-state index in [9.17, 15) is 14.4 Å². The number of para-hydroxylation sites is 1. The number of ether oxygens (including phenoxy) is 1. The molecule has 1 heterocycles. The Kier molecular flexibility index (Phi) is 5.21. The zero-order chi connectivity index (χ0) is 15.9. The minimum absolute atomic E-state index is 0.0570. The second-order valence-corrected chi connectivity index (χ2v) is 4.89. The Morgan fingerprint density at radius 1 is 1.18 bits per heavy atom. The topological polar surface area (TPSA) is 97.4 Å². The lowest BCUT2D eigenvalue weighted by molar-refractivity contribution is -0.137. The van der Waals surface area contributed by atoms with Gasteiger partial charge in [-0.15, -0.1) is 11.3 Å². The average Bonchev–Trinajstić information content (AvgIpc) is 2.96. The minimum atomic E-state index is -0.965. The van der Waals surface area contributed by atoms with Gasteiger partial charge >= 0.3 is 12.0 Å². The monoisotopic (exact) mass is 319 g/mol. The summed E-state index contributed by atoms with van der Waals surface area (Å²) >= 11 is 1.04. The largest absolute Gasteiger partial charge is 0.460 e. The van der Waals surface area contributed by atoms with Crippen LogP contribution in [0.25, 0.3) is 0 Å². The number of carbonyl (C=O) groups is 3. The Morgan fingerprint density at radius 2 is 1.91 bits per heavy atom. The molecule has 0 atom stereocenters. The molecule has 1 aromatic carbocycles. The number of esters is 1. The van der Waals surface area contributed by atoms with Crippen molar-refractivity contribution < 1.29 is 19.1 Å². The predicted molar refractivity (Wildman–Crippen MR) is 82.2 cm³/mol. The van der Waals surface area contributed by atoms with E-state index in [-0.39, 0.29) is 17.4 Å². The number of hydrogen-bond donors (Lipinski definition) is 2. The van der Waals surface area contributed by atoms with Crippen LogP contribution in [-0.2, 0) is 9.53 Å². The summed E-state index contributed by atoms with van der Waals surface area (Å²) in [6, 6.07) is 8.38. The number of nitrogens with zero attached hydrogens (tertiary/aromatic N) is 1. The Bertz CT molecular complexity index is 684. The molecule has 2 amide bonds. The molecule has 7 nitrogen and oxygen atoms in total. The number of hydrogen-bond acceptors (Lipinski definition) is 6. The van der Waals surface area contributed by atoms with E-state index in [1.165, 1.54) is 5.38 Å². The number of Topliss-reactive ketones (excluding diaryl/α,β-unsaturated/α-hetero) is 1. The number of carbonyl (C=O) groups excluding carboxylic acids is 3. The van der Waals surface area contributed by atoms with E-state index >= 15 is 0 Å². The SMILES string of the molecule is CCOC(=O)C(=O)c1csc(NC(=O)Nc2ccccc2)n1. The van der Waals surface area contributed by atoms with E-state index in [4.69, 9.17) is 0 Å². The zero-order valence-corrected chi connectivity index (χ0v) is 12.5. The summed E-state index contributed by atoms with van der Waals surface area (Å²) in [4.78, 5) is 38.6. The lowest BCUT2D eigenvalue weighted by atomic mass is 10.3. The van der Waals surface area contributed by atoms with Crippen LogP contribution in [0.5, 0.6) is 0 Å². The molecule has 0 bridgehead atoms. The standard InChI is InChI=1S/C14H13N3O4S/c1-2-21-12(19)11(18)10-8-22-14(16-10)17-13(20)15-9-6-4-3-5-7-9/h3-8H,2H2,1H3,(H2,15,16,17,20). The van der Waals surface area contributed by atoms with E-state index < -0.39 is 17.8 Å². The van der Waals surface area contributed by atoms with Crippen LogP contribution in [0.4, 0.5) is 15.6 Å². The van der Waals surface area contributed by atoms with Gasteiger partial charge in [0.05, 0.1) is 6.61 Å². The van der Waals surface area contributed by atoms with Gasteiger partial charge in [-0.25, -0.2) is 14.6 Å². The molecule has 0 saturated carbocycles. The number of amides is 2. The number of urea groups is 1. The van der Waals surface area contributed by atoms with Gasteiger partial charge in [-0.05, 0) is 19.1 Å². The fraction of sp³-hybridized carbons (Fsp3) is 0.143. The smallest absolute Gasteiger partial charge is 0.381 e. The molecule has 22 heavy (non-hydrogen) atoms. The van der Waals surface area contributed by atoms with Crippen molar-refractivity contribution >= 4 is 39.9 Å². The third-order valence-corrected chi connectivity index (χ3v) is 3.21. The van der Waals surface area contributed by atoms with Gasteiger partial charge in [0, 0.05) is 11.1 Å². The van der Waals surface area contributed by atoms with Crippen molar-refractivity contribution in [1.82, 2.24) is 4.98 Å². The second kappa shape index (κ2) is 7.32. The Morgan fingerprint density at radius 3 is 2.59 bits per heavy atom. The molecule has 114 valence electrons. The van der Waals surface area contributed by atoms with Crippen LogP contribution in [0.1, 0.15) is 17.4 Å². The average molecular weight is 319 g/mol. The summed E-state index contributed by atoms with van der Waals surface area (Å²) in [6.45, 7) is 1.71. The van der Waals surface area contributed by atoms with E-state index in [0.29, 0.717) is 5.69 Å². The fourth-order valence-corrected chi connectivity index (χ4v) is 2.20. The van der Waals surface area contributed by atoms with Crippen molar-refractivity contribution in [1.29, 1.82) is 0 Å². The number of thiazole rings is 1. The van der Waals surface area contributed by atoms with E-state index in [0.717, 1.165) is 11.3 Å². The van der Waals surface area contributed by atoms with Gasteiger partial charge in [-0.2, -0.15) is 0 Å². The first-order valence-electron chi connectivity index (χ1n) is 6.40. The van der Waals surface area contributed by atoms with Gasteiger partial charge in [0.25, 0.3) is 5.78 Å². The summed E-state index contributed by atoms with van der Waals surface area (Å²) in [5.74, 6) is -1.80. The molecule has 0 saturated heterocycles. The van der Waals surface area contributed by atoms with E-state index in [1.807, 2.05) is 6.07 Å². The maximum atomic E-state index is 11.8. The molecule has 0 aliphatic rings. The first-order valence-corrected chi connectivity index (χ1v) is 7.28. The van der Waals surface area contributed by atoms with Gasteiger partial charge in [-0.3, -0.25) is 10.1 Å². The molecule has 0 fully saturated rings. The number of nitrogens with one attached hydrogen (secondary N) is 2. The van der Waals surface area contributed by atoms with Crippen LogP contribution >= 0.6 is 11.3 Å². The third kappa shape index (κ3) is 4.13. The quantitative estimate of drug-likeness (QED) is 0.501. The maximum Gasteiger partial charge on any atom is 0.381 e. The van der Waals surface area contributed by atoms with Crippen molar-refractivity contribution in [3.05, 3.63) is 41.4 Å². The van der Waals surface area contributed by atoms with Crippen LogP contribution in [0.2, 0.25) is 0 Å². The van der Waals surface area contributed by atoms with Crippen LogP contribution in [0.15, 0.2) is 35.7 Å². The second-order valence-electron chi connectivity index (χ2n) is 4.03. The molecule has 1 aromatic heterocycles. The van der Waals surface area contributed by atoms with Gasteiger partial charge in [-0.1, -0.05) is 18.2 Å². The number of aromatic nitrogens is 1. The van der Waals surface area contributed by atoms with Gasteiger partial charge in [0.2, 0.25) is 0 Å². The van der Waals surface area contributed by atoms with E-state index in [2.05, 4.69) is 20.4 Å². The maximum absolute atomic E-state index is 11.8. The van der Waals surface area contributed by atoms with Crippen molar-refractivity contribution in [2.45, 2.75) is 6.92 Å². The molecule has 0 aliphatic carbocycles. The number of benzene rings is 1. The van der Waals surface area contributed by atoms with Crippen LogP contribution in [0, 0.1) is 0 Å². The summed E-state index contributed by atoms with van der Waals surface area (Å²) in [5, 5.41) is 6.70. The molecule has 8 heteroatoms. The van der Waals surface area contributed by atoms with Crippen molar-refractivity contribution in [2.75, 3.05) is 17.2 Å². The molecule has 0 spiro atoms. The molecule has 0 aliphatic heterocycles. The number of anilines is 2. The van der Waals surface area contributed by atoms with Crippen LogP contribution in [-0.4, -0.2) is 29.4 Å². The van der Waals surface area contributed by atoms with Gasteiger partial charge in [0.1, 0.15) is 5.69 Å². The predicted octanol–water partition coefficient (Wildman–Crippen LogP) is 2.53. The fourth-order valence-electron chi connectivity index (χ4n) is 1.52. The highest BCUT2D eigenvalue weighted by molar-refractivity contribution is 7.14. The number of ketones is 1. The van der Waals surface area contributed by atoms with Crippen LogP contribution in [0.3, 0.4) is 0 Å². The molecular weight excluding hydrogens is 306 g/mol. The minimum Gasteiger partial charge on any atom is -0.460 e. The highest BCUT2D eigenvalue weighted by Crippen LogP contribution is 2.16. The van der Waals surface area contributed by atoms with Crippen molar-refractivity contribution in [2.24, 2.45) is 0 Å². The van der Waals surface area contributed by atoms with Gasteiger partial charge in [0.15, 0.2) is 5.13 Å². The first-order chi connectivity index (χ1) is 10.6. The summed E-state index contributed by atoms with van der Waals surface area (Å²) < 4.78 is 4.60. The molecule has 2 aromatic rings. The number of rotatable bonds is 5. The molecule has 0 unspecified atom stereocenters. The molecule has 0 radical (unpaired) electrons. The highest BCUT2D eigenvalue weighted by atomic mass is 32.1. The van der Waals surface area contributed by atoms with Crippen molar-refractivity contribution in [3.8, 4) is 0 Å². The van der Waals surface area contributed by atoms with Crippen molar-refractivity contribution in [3.63, 3.8) is 0 Å². The normalized spacial score (nSPS) is 9.86. The molecule has 2 rings (SSSR count). The summed E-state index contributed by atoms with van der Waals surface area (Å²) in [6.07, 6.45) is 0. The summed E-state index contributed by atoms with van der Waals surface area (Å²) in [5.41, 5.74) is 0.567. The zero-order valence-electron chi connectivity index (χ0n) is 11.7. The Hall–Kier alpha value is -2.74.